The van der Waals surface area contributed by atoms with Gasteiger partial charge in [0.15, 0.2) is 0 Å². The third-order valence-electron chi connectivity index (χ3n) is 6.77. The van der Waals surface area contributed by atoms with E-state index in [0.29, 0.717) is 29.6 Å². The summed E-state index contributed by atoms with van der Waals surface area (Å²) < 4.78 is 0. The van der Waals surface area contributed by atoms with Gasteiger partial charge in [-0.2, -0.15) is 0 Å². The molecule has 0 bridgehead atoms. The van der Waals surface area contributed by atoms with E-state index < -0.39 is 0 Å². The zero-order valence-corrected chi connectivity index (χ0v) is 16.4. The molecule has 3 aliphatic carbocycles. The summed E-state index contributed by atoms with van der Waals surface area (Å²) in [5, 5.41) is 18.9. The third kappa shape index (κ3) is 3.35. The molecule has 0 radical (unpaired) electrons. The van der Waals surface area contributed by atoms with Crippen LogP contribution in [0.15, 0.2) is 48.5 Å². The van der Waals surface area contributed by atoms with Gasteiger partial charge in [-0.1, -0.05) is 24.3 Å². The monoisotopic (exact) mass is 386 g/mol. The van der Waals surface area contributed by atoms with E-state index in [1.807, 2.05) is 24.3 Å². The molecule has 2 saturated carbocycles. The first-order chi connectivity index (χ1) is 14.1. The molecule has 5 nitrogen and oxygen atoms in total. The van der Waals surface area contributed by atoms with Crippen molar-refractivity contribution in [3.63, 3.8) is 0 Å². The normalized spacial score (nSPS) is 20.8. The summed E-state index contributed by atoms with van der Waals surface area (Å²) in [6, 6.07) is 16.3. The molecule has 1 atom stereocenters. The molecule has 5 heteroatoms. The molecule has 2 fully saturated rings. The Morgan fingerprint density at radius 3 is 2.52 bits per heavy atom. The molecule has 2 aromatic carbocycles. The lowest BCUT2D eigenvalue weighted by molar-refractivity contribution is -0.116. The zero-order valence-electron chi connectivity index (χ0n) is 16.4. The van der Waals surface area contributed by atoms with Crippen molar-refractivity contribution in [2.24, 2.45) is 5.41 Å². The van der Waals surface area contributed by atoms with Crippen LogP contribution in [-0.4, -0.2) is 29.0 Å². The van der Waals surface area contributed by atoms with E-state index in [1.165, 1.54) is 30.3 Å². The molecule has 0 aromatic heterocycles. The van der Waals surface area contributed by atoms with E-state index in [-0.39, 0.29) is 5.91 Å². The second-order valence-electron chi connectivity index (χ2n) is 8.74. The van der Waals surface area contributed by atoms with Crippen LogP contribution in [0.25, 0.3) is 0 Å². The summed E-state index contributed by atoms with van der Waals surface area (Å²) in [4.78, 5) is 14.5. The lowest BCUT2D eigenvalue weighted by atomic mass is 9.86. The standard InChI is InChI=1S/C24H26N4O/c25-15-28(19-9-10-19)23(26)16-5-7-18(8-6-16)27-22(29)13-21-20-4-2-1-3-17(20)14-24(21)11-12-24/h1-8,15,19,21,25-26H,9-14H2,(H,27,29). The van der Waals surface area contributed by atoms with Crippen molar-refractivity contribution in [2.75, 3.05) is 5.32 Å². The van der Waals surface area contributed by atoms with Crippen molar-refractivity contribution in [3.8, 4) is 0 Å². The van der Waals surface area contributed by atoms with Gasteiger partial charge in [0.05, 0.1) is 6.34 Å². The van der Waals surface area contributed by atoms with Crippen LogP contribution < -0.4 is 5.32 Å². The van der Waals surface area contributed by atoms with Gasteiger partial charge in [0, 0.05) is 23.7 Å². The van der Waals surface area contributed by atoms with E-state index in [2.05, 4.69) is 29.6 Å². The zero-order chi connectivity index (χ0) is 20.0. The van der Waals surface area contributed by atoms with Crippen LogP contribution in [0.5, 0.6) is 0 Å². The van der Waals surface area contributed by atoms with Crippen LogP contribution in [-0.2, 0) is 11.2 Å². The highest BCUT2D eigenvalue weighted by Gasteiger charge is 2.54. The molecule has 0 aliphatic heterocycles. The highest BCUT2D eigenvalue weighted by atomic mass is 16.1. The molecule has 148 valence electrons. The number of carbonyl (C=O) groups is 1. The van der Waals surface area contributed by atoms with E-state index >= 15 is 0 Å². The fourth-order valence-corrected chi connectivity index (χ4v) is 4.84. The Morgan fingerprint density at radius 2 is 1.86 bits per heavy atom. The Kier molecular flexibility index (Phi) is 4.26. The van der Waals surface area contributed by atoms with Crippen molar-refractivity contribution in [1.29, 1.82) is 10.8 Å². The number of carbonyl (C=O) groups excluding carboxylic acids is 1. The molecule has 2 aromatic rings. The summed E-state index contributed by atoms with van der Waals surface area (Å²) >= 11 is 0. The number of hydrogen-bond acceptors (Lipinski definition) is 3. The molecule has 29 heavy (non-hydrogen) atoms. The Morgan fingerprint density at radius 1 is 1.14 bits per heavy atom. The van der Waals surface area contributed by atoms with Crippen LogP contribution >= 0.6 is 0 Å². The minimum Gasteiger partial charge on any atom is -0.326 e. The maximum atomic E-state index is 12.8. The van der Waals surface area contributed by atoms with Gasteiger partial charge in [0.1, 0.15) is 5.84 Å². The highest BCUT2D eigenvalue weighted by molar-refractivity contribution is 6.03. The van der Waals surface area contributed by atoms with Crippen molar-refractivity contribution in [3.05, 3.63) is 65.2 Å². The van der Waals surface area contributed by atoms with Crippen molar-refractivity contribution < 1.29 is 4.79 Å². The van der Waals surface area contributed by atoms with Gasteiger partial charge < -0.3 is 10.2 Å². The molecular weight excluding hydrogens is 360 g/mol. The Hall–Kier alpha value is -2.95. The van der Waals surface area contributed by atoms with Gasteiger partial charge in [-0.15, -0.1) is 0 Å². The largest absolute Gasteiger partial charge is 0.326 e. The van der Waals surface area contributed by atoms with Crippen LogP contribution in [0.1, 0.15) is 54.7 Å². The van der Waals surface area contributed by atoms with Gasteiger partial charge in [0.25, 0.3) is 0 Å². The molecule has 0 saturated heterocycles. The van der Waals surface area contributed by atoms with E-state index in [9.17, 15) is 4.79 Å². The fourth-order valence-electron chi connectivity index (χ4n) is 4.84. The summed E-state index contributed by atoms with van der Waals surface area (Å²) in [6.07, 6.45) is 7.40. The van der Waals surface area contributed by atoms with Gasteiger partial charge in [-0.3, -0.25) is 15.6 Å². The average molecular weight is 386 g/mol. The number of anilines is 1. The quantitative estimate of drug-likeness (QED) is 0.504. The first-order valence-corrected chi connectivity index (χ1v) is 10.5. The minimum absolute atomic E-state index is 0.0555. The molecule has 5 rings (SSSR count). The molecule has 3 aliphatic rings. The maximum absolute atomic E-state index is 12.8. The third-order valence-corrected chi connectivity index (χ3v) is 6.77. The predicted octanol–water partition coefficient (Wildman–Crippen LogP) is 4.53. The van der Waals surface area contributed by atoms with Crippen LogP contribution in [0.3, 0.4) is 0 Å². The van der Waals surface area contributed by atoms with Crippen LogP contribution in [0.2, 0.25) is 0 Å². The topological polar surface area (TPSA) is 80.0 Å². The van der Waals surface area contributed by atoms with Gasteiger partial charge in [0.2, 0.25) is 5.91 Å². The number of benzene rings is 2. The lowest BCUT2D eigenvalue weighted by Crippen LogP contribution is -2.31. The summed E-state index contributed by atoms with van der Waals surface area (Å²) in [6.45, 7) is 0. The van der Waals surface area contributed by atoms with E-state index in [0.717, 1.165) is 30.5 Å². The Bertz CT molecular complexity index is 973. The van der Waals surface area contributed by atoms with Gasteiger partial charge in [-0.05, 0) is 78.8 Å². The summed E-state index contributed by atoms with van der Waals surface area (Å²) in [5.74, 6) is 0.726. The molecule has 1 spiro atoms. The van der Waals surface area contributed by atoms with Crippen molar-refractivity contribution >= 4 is 23.8 Å². The number of amides is 1. The SMILES string of the molecule is N=CN(C(=N)c1ccc(NC(=O)CC2c3ccccc3CC23CC3)cc1)C1CC1. The number of amidine groups is 1. The first kappa shape index (κ1) is 18.1. The molecule has 1 unspecified atom stereocenters. The summed E-state index contributed by atoms with van der Waals surface area (Å²) in [5.41, 5.74) is 4.61. The fraction of sp³-hybridized carbons (Fsp3) is 0.375. The van der Waals surface area contributed by atoms with E-state index in [4.69, 9.17) is 10.8 Å². The maximum Gasteiger partial charge on any atom is 0.225 e. The lowest BCUT2D eigenvalue weighted by Gasteiger charge is -2.20. The second kappa shape index (κ2) is 6.83. The smallest absolute Gasteiger partial charge is 0.225 e. The van der Waals surface area contributed by atoms with Crippen LogP contribution in [0.4, 0.5) is 5.69 Å². The number of fused-ring (bicyclic) bond motifs is 1. The Balaban J connectivity index is 1.25. The van der Waals surface area contributed by atoms with Crippen molar-refractivity contribution in [1.82, 2.24) is 4.90 Å². The van der Waals surface area contributed by atoms with Crippen LogP contribution in [0, 0.1) is 16.2 Å². The second-order valence-corrected chi connectivity index (χ2v) is 8.74. The number of nitrogens with one attached hydrogen (secondary N) is 3. The number of hydrogen-bond donors (Lipinski definition) is 3. The van der Waals surface area contributed by atoms with Gasteiger partial charge in [-0.25, -0.2) is 0 Å². The van der Waals surface area contributed by atoms with Gasteiger partial charge >= 0.3 is 0 Å². The highest BCUT2D eigenvalue weighted by Crippen LogP contribution is 2.64. The van der Waals surface area contributed by atoms with Crippen molar-refractivity contribution in [2.45, 2.75) is 50.5 Å². The predicted molar refractivity (Wildman–Crippen MR) is 115 cm³/mol. The average Bonchev–Trinajstić information content (AvgIpc) is 3.64. The number of nitrogens with zero attached hydrogens (tertiary/aromatic N) is 1. The Labute approximate surface area is 171 Å². The first-order valence-electron chi connectivity index (χ1n) is 10.5. The number of rotatable bonds is 6. The molecule has 3 N–H and O–H groups in total. The summed E-state index contributed by atoms with van der Waals surface area (Å²) in [7, 11) is 0. The molecule has 0 heterocycles. The van der Waals surface area contributed by atoms with E-state index in [1.54, 1.807) is 4.90 Å². The minimum atomic E-state index is 0.0555. The molecular formula is C24H26N4O. The molecule has 1 amide bonds.